The predicted molar refractivity (Wildman–Crippen MR) is 83.8 cm³/mol. The molecular formula is C17H25N3. The highest BCUT2D eigenvalue weighted by Gasteiger charge is 2.12. The molecular weight excluding hydrogens is 246 g/mol. The van der Waals surface area contributed by atoms with Gasteiger partial charge in [-0.25, -0.2) is 4.98 Å². The van der Waals surface area contributed by atoms with E-state index >= 15 is 0 Å². The second-order valence-electron chi connectivity index (χ2n) is 5.05. The Bertz CT molecular complexity index is 513. The highest BCUT2D eigenvalue weighted by Crippen LogP contribution is 2.17. The van der Waals surface area contributed by atoms with Crippen molar-refractivity contribution < 1.29 is 0 Å². The van der Waals surface area contributed by atoms with Crippen molar-refractivity contribution >= 4 is 0 Å². The van der Waals surface area contributed by atoms with Crippen molar-refractivity contribution in [2.24, 2.45) is 0 Å². The summed E-state index contributed by atoms with van der Waals surface area (Å²) in [6.07, 6.45) is 6.03. The molecule has 2 aromatic rings. The van der Waals surface area contributed by atoms with Crippen LogP contribution < -0.4 is 5.32 Å². The largest absolute Gasteiger partial charge is 0.333 e. The zero-order valence-corrected chi connectivity index (χ0v) is 12.8. The third-order valence-corrected chi connectivity index (χ3v) is 3.74. The molecule has 3 heteroatoms. The highest BCUT2D eigenvalue weighted by atomic mass is 15.1. The molecule has 0 radical (unpaired) electrons. The maximum Gasteiger partial charge on any atom is 0.108 e. The minimum atomic E-state index is 0.338. The zero-order chi connectivity index (χ0) is 14.4. The van der Waals surface area contributed by atoms with Gasteiger partial charge in [-0.1, -0.05) is 45.0 Å². The number of hydrogen-bond acceptors (Lipinski definition) is 2. The second-order valence-corrected chi connectivity index (χ2v) is 5.05. The van der Waals surface area contributed by atoms with Crippen LogP contribution in [-0.2, 0) is 19.4 Å². The Morgan fingerprint density at radius 3 is 2.45 bits per heavy atom. The number of imidazole rings is 1. The molecule has 2 rings (SSSR count). The molecule has 1 heterocycles. The first-order valence-corrected chi connectivity index (χ1v) is 7.60. The number of aryl methyl sites for hydroxylation is 2. The van der Waals surface area contributed by atoms with Gasteiger partial charge >= 0.3 is 0 Å². The molecule has 1 aromatic heterocycles. The maximum atomic E-state index is 4.40. The lowest BCUT2D eigenvalue weighted by Gasteiger charge is -2.20. The van der Waals surface area contributed by atoms with Gasteiger partial charge in [0.25, 0.3) is 0 Å². The van der Waals surface area contributed by atoms with Crippen molar-refractivity contribution in [1.82, 2.24) is 14.9 Å². The number of nitrogens with one attached hydrogen (secondary N) is 1. The lowest BCUT2D eigenvalue weighted by Crippen LogP contribution is -2.25. The molecule has 3 nitrogen and oxygen atoms in total. The molecule has 0 saturated carbocycles. The first-order chi connectivity index (χ1) is 9.78. The first-order valence-electron chi connectivity index (χ1n) is 7.60. The minimum absolute atomic E-state index is 0.338. The van der Waals surface area contributed by atoms with Crippen molar-refractivity contribution in [1.29, 1.82) is 0 Å². The summed E-state index contributed by atoms with van der Waals surface area (Å²) >= 11 is 0. The van der Waals surface area contributed by atoms with Gasteiger partial charge in [0.1, 0.15) is 5.82 Å². The Kier molecular flexibility index (Phi) is 5.36. The third kappa shape index (κ3) is 3.48. The number of hydrogen-bond donors (Lipinski definition) is 1. The second kappa shape index (κ2) is 7.25. The van der Waals surface area contributed by atoms with Crippen LogP contribution in [0.3, 0.4) is 0 Å². The van der Waals surface area contributed by atoms with Gasteiger partial charge in [0, 0.05) is 25.4 Å². The molecule has 0 aliphatic carbocycles. The van der Waals surface area contributed by atoms with E-state index in [2.05, 4.69) is 66.1 Å². The molecule has 1 atom stereocenters. The molecule has 108 valence electrons. The van der Waals surface area contributed by atoms with Crippen LogP contribution >= 0.6 is 0 Å². The van der Waals surface area contributed by atoms with E-state index in [1.54, 1.807) is 0 Å². The Morgan fingerprint density at radius 2 is 1.85 bits per heavy atom. The van der Waals surface area contributed by atoms with E-state index in [4.69, 9.17) is 0 Å². The van der Waals surface area contributed by atoms with Crippen LogP contribution in [0.4, 0.5) is 0 Å². The lowest BCUT2D eigenvalue weighted by molar-refractivity contribution is 0.466. The average Bonchev–Trinajstić information content (AvgIpc) is 2.94. The lowest BCUT2D eigenvalue weighted by atomic mass is 10.0. The normalized spacial score (nSPS) is 12.6. The minimum Gasteiger partial charge on any atom is -0.333 e. The summed E-state index contributed by atoms with van der Waals surface area (Å²) < 4.78 is 2.25. The number of aromatic nitrogens is 2. The van der Waals surface area contributed by atoms with Gasteiger partial charge < -0.3 is 9.88 Å². The molecule has 1 N–H and O–H groups in total. The Labute approximate surface area is 122 Å². The van der Waals surface area contributed by atoms with Gasteiger partial charge in [-0.05, 0) is 24.1 Å². The topological polar surface area (TPSA) is 29.9 Å². The standard InChI is InChI=1S/C17H25N3/c1-4-14-7-9-15(10-8-14)16(18-6-3)13-20-12-11-19-17(20)5-2/h7-12,16,18H,4-6,13H2,1-3H3. The van der Waals surface area contributed by atoms with Gasteiger partial charge in [-0.2, -0.15) is 0 Å². The molecule has 0 fully saturated rings. The monoisotopic (exact) mass is 271 g/mol. The number of benzene rings is 1. The van der Waals surface area contributed by atoms with Crippen LogP contribution in [-0.4, -0.2) is 16.1 Å². The molecule has 1 unspecified atom stereocenters. The summed E-state index contributed by atoms with van der Waals surface area (Å²) in [5.41, 5.74) is 2.74. The van der Waals surface area contributed by atoms with Gasteiger partial charge in [0.05, 0.1) is 6.04 Å². The molecule has 0 spiro atoms. The quantitative estimate of drug-likeness (QED) is 0.837. The smallest absolute Gasteiger partial charge is 0.108 e. The van der Waals surface area contributed by atoms with Crippen LogP contribution in [0.2, 0.25) is 0 Å². The van der Waals surface area contributed by atoms with E-state index in [0.717, 1.165) is 31.8 Å². The van der Waals surface area contributed by atoms with Gasteiger partial charge in [-0.3, -0.25) is 0 Å². The van der Waals surface area contributed by atoms with Crippen LogP contribution in [0.25, 0.3) is 0 Å². The van der Waals surface area contributed by atoms with E-state index in [1.807, 2.05) is 6.20 Å². The van der Waals surface area contributed by atoms with Crippen LogP contribution in [0.1, 0.15) is 43.8 Å². The fraction of sp³-hybridized carbons (Fsp3) is 0.471. The zero-order valence-electron chi connectivity index (χ0n) is 12.8. The van der Waals surface area contributed by atoms with Crippen molar-refractivity contribution in [2.45, 2.75) is 46.2 Å². The van der Waals surface area contributed by atoms with E-state index in [9.17, 15) is 0 Å². The fourth-order valence-corrected chi connectivity index (χ4v) is 2.54. The summed E-state index contributed by atoms with van der Waals surface area (Å²) in [4.78, 5) is 4.40. The first kappa shape index (κ1) is 14.8. The van der Waals surface area contributed by atoms with Crippen molar-refractivity contribution in [3.05, 3.63) is 53.6 Å². The molecule has 0 saturated heterocycles. The highest BCUT2D eigenvalue weighted by molar-refractivity contribution is 5.25. The van der Waals surface area contributed by atoms with Crippen molar-refractivity contribution in [2.75, 3.05) is 6.54 Å². The SMILES string of the molecule is CCNC(Cn1ccnc1CC)c1ccc(CC)cc1. The number of likely N-dealkylation sites (N-methyl/N-ethyl adjacent to an activating group) is 1. The van der Waals surface area contributed by atoms with Crippen molar-refractivity contribution in [3.63, 3.8) is 0 Å². The Balaban J connectivity index is 2.17. The molecule has 0 aliphatic rings. The van der Waals surface area contributed by atoms with Crippen LogP contribution in [0.15, 0.2) is 36.7 Å². The van der Waals surface area contributed by atoms with E-state index in [0.29, 0.717) is 6.04 Å². The van der Waals surface area contributed by atoms with Gasteiger partial charge in [-0.15, -0.1) is 0 Å². The van der Waals surface area contributed by atoms with Crippen LogP contribution in [0.5, 0.6) is 0 Å². The summed E-state index contributed by atoms with van der Waals surface area (Å²) in [6.45, 7) is 8.40. The van der Waals surface area contributed by atoms with E-state index in [1.165, 1.54) is 11.1 Å². The average molecular weight is 271 g/mol. The maximum absolute atomic E-state index is 4.40. The van der Waals surface area contributed by atoms with Crippen LogP contribution in [0, 0.1) is 0 Å². The fourth-order valence-electron chi connectivity index (χ4n) is 2.54. The summed E-state index contributed by atoms with van der Waals surface area (Å²) in [7, 11) is 0. The van der Waals surface area contributed by atoms with Gasteiger partial charge in [0.2, 0.25) is 0 Å². The molecule has 1 aromatic carbocycles. The van der Waals surface area contributed by atoms with E-state index in [-0.39, 0.29) is 0 Å². The Morgan fingerprint density at radius 1 is 1.10 bits per heavy atom. The molecule has 0 bridgehead atoms. The van der Waals surface area contributed by atoms with E-state index < -0.39 is 0 Å². The molecule has 0 amide bonds. The Hall–Kier alpha value is -1.61. The predicted octanol–water partition coefficient (Wildman–Crippen LogP) is 3.36. The number of rotatable bonds is 7. The number of nitrogens with zero attached hydrogens (tertiary/aromatic N) is 2. The van der Waals surface area contributed by atoms with Gasteiger partial charge in [0.15, 0.2) is 0 Å². The summed E-state index contributed by atoms with van der Waals surface area (Å²) in [5, 5.41) is 3.58. The summed E-state index contributed by atoms with van der Waals surface area (Å²) in [5.74, 6) is 1.15. The summed E-state index contributed by atoms with van der Waals surface area (Å²) in [6, 6.07) is 9.29. The third-order valence-electron chi connectivity index (χ3n) is 3.74. The molecule has 0 aliphatic heterocycles. The molecule has 20 heavy (non-hydrogen) atoms. The van der Waals surface area contributed by atoms with Crippen molar-refractivity contribution in [3.8, 4) is 0 Å².